The first-order valence-corrected chi connectivity index (χ1v) is 5.48. The van der Waals surface area contributed by atoms with Crippen LogP contribution >= 0.6 is 0 Å². The van der Waals surface area contributed by atoms with Crippen molar-refractivity contribution in [2.75, 3.05) is 33.9 Å². The number of halogens is 3. The highest BCUT2D eigenvalue weighted by molar-refractivity contribution is 5.84. The van der Waals surface area contributed by atoms with Gasteiger partial charge in [0.2, 0.25) is 5.91 Å². The third kappa shape index (κ3) is 2.93. The summed E-state index contributed by atoms with van der Waals surface area (Å²) in [6.07, 6.45) is -5.59. The van der Waals surface area contributed by atoms with Crippen LogP contribution in [0, 0.1) is 5.41 Å². The van der Waals surface area contributed by atoms with Crippen LogP contribution < -0.4 is 10.6 Å². The van der Waals surface area contributed by atoms with Crippen LogP contribution in [-0.2, 0) is 14.3 Å². The van der Waals surface area contributed by atoms with E-state index in [4.69, 9.17) is 9.47 Å². The van der Waals surface area contributed by atoms with Gasteiger partial charge in [0, 0.05) is 20.8 Å². The maximum absolute atomic E-state index is 13.0. The predicted octanol–water partition coefficient (Wildman–Crippen LogP) is 0.263. The molecule has 106 valence electrons. The zero-order chi connectivity index (χ0) is 13.8. The van der Waals surface area contributed by atoms with E-state index in [9.17, 15) is 18.0 Å². The second-order valence-corrected chi connectivity index (χ2v) is 4.12. The number of carbonyl (C=O) groups is 1. The maximum Gasteiger partial charge on any atom is 0.404 e. The minimum Gasteiger partial charge on any atom is -0.354 e. The second kappa shape index (κ2) is 5.85. The van der Waals surface area contributed by atoms with Crippen LogP contribution in [0.2, 0.25) is 0 Å². The molecular formula is C10H17F3N2O3. The molecule has 0 saturated carbocycles. The molecule has 1 aliphatic heterocycles. The van der Waals surface area contributed by atoms with Crippen LogP contribution in [0.25, 0.3) is 0 Å². The lowest BCUT2D eigenvalue weighted by molar-refractivity contribution is -0.216. The highest BCUT2D eigenvalue weighted by Gasteiger charge is 2.61. The lowest BCUT2D eigenvalue weighted by atomic mass is 9.85. The molecule has 1 atom stereocenters. The fourth-order valence-corrected chi connectivity index (χ4v) is 1.86. The molecule has 0 aliphatic carbocycles. The monoisotopic (exact) mass is 270 g/mol. The number of methoxy groups -OCH3 is 2. The van der Waals surface area contributed by atoms with Crippen molar-refractivity contribution in [3.05, 3.63) is 0 Å². The van der Waals surface area contributed by atoms with Crippen LogP contribution in [-0.4, -0.2) is 52.2 Å². The van der Waals surface area contributed by atoms with Gasteiger partial charge >= 0.3 is 6.18 Å². The predicted molar refractivity (Wildman–Crippen MR) is 56.8 cm³/mol. The van der Waals surface area contributed by atoms with Gasteiger partial charge in [-0.2, -0.15) is 13.2 Å². The van der Waals surface area contributed by atoms with Gasteiger partial charge in [-0.3, -0.25) is 4.79 Å². The molecule has 0 bridgehead atoms. The van der Waals surface area contributed by atoms with Gasteiger partial charge in [0.25, 0.3) is 0 Å². The summed E-state index contributed by atoms with van der Waals surface area (Å²) in [7, 11) is 2.69. The van der Waals surface area contributed by atoms with Crippen LogP contribution in [0.4, 0.5) is 13.2 Å². The standard InChI is InChI=1S/C10H17F3N2O3/c1-17-7(18-2)5-15-8(16)9(10(11,12)13)3-4-14-6-9/h7,14H,3-6H2,1-2H3,(H,15,16). The fraction of sp³-hybridized carbons (Fsp3) is 0.900. The first-order chi connectivity index (χ1) is 8.37. The molecule has 1 fully saturated rings. The molecule has 1 saturated heterocycles. The molecule has 0 spiro atoms. The molecule has 0 aromatic carbocycles. The molecule has 1 aliphatic rings. The van der Waals surface area contributed by atoms with E-state index in [1.54, 1.807) is 0 Å². The summed E-state index contributed by atoms with van der Waals surface area (Å²) in [5.74, 6) is -1.04. The molecule has 1 unspecified atom stereocenters. The highest BCUT2D eigenvalue weighted by atomic mass is 19.4. The van der Waals surface area contributed by atoms with E-state index in [1.165, 1.54) is 14.2 Å². The van der Waals surface area contributed by atoms with Gasteiger partial charge in [-0.15, -0.1) is 0 Å². The molecular weight excluding hydrogens is 253 g/mol. The van der Waals surface area contributed by atoms with Gasteiger partial charge in [0.15, 0.2) is 11.7 Å². The largest absolute Gasteiger partial charge is 0.404 e. The van der Waals surface area contributed by atoms with E-state index in [-0.39, 0.29) is 19.5 Å². The molecule has 18 heavy (non-hydrogen) atoms. The van der Waals surface area contributed by atoms with E-state index in [1.807, 2.05) is 0 Å². The lowest BCUT2D eigenvalue weighted by Crippen LogP contribution is -2.53. The summed E-state index contributed by atoms with van der Waals surface area (Å²) in [6.45, 7) is -0.346. The average molecular weight is 270 g/mol. The summed E-state index contributed by atoms with van der Waals surface area (Å²) in [5, 5.41) is 4.80. The SMILES string of the molecule is COC(CNC(=O)C1(C(F)(F)F)CCNC1)OC. The van der Waals surface area contributed by atoms with Crippen molar-refractivity contribution < 1.29 is 27.4 Å². The van der Waals surface area contributed by atoms with Gasteiger partial charge in [-0.05, 0) is 13.0 Å². The van der Waals surface area contributed by atoms with E-state index in [0.29, 0.717) is 0 Å². The number of alkyl halides is 3. The Balaban J connectivity index is 2.68. The van der Waals surface area contributed by atoms with Crippen LogP contribution in [0.5, 0.6) is 0 Å². The molecule has 8 heteroatoms. The van der Waals surface area contributed by atoms with E-state index in [2.05, 4.69) is 10.6 Å². The van der Waals surface area contributed by atoms with Gasteiger partial charge in [-0.25, -0.2) is 0 Å². The zero-order valence-electron chi connectivity index (χ0n) is 10.3. The molecule has 0 radical (unpaired) electrons. The van der Waals surface area contributed by atoms with Gasteiger partial charge in [-0.1, -0.05) is 0 Å². The first-order valence-electron chi connectivity index (χ1n) is 5.48. The van der Waals surface area contributed by atoms with Crippen molar-refractivity contribution >= 4 is 5.91 Å². The Labute approximate surface area is 103 Å². The molecule has 5 nitrogen and oxygen atoms in total. The molecule has 1 heterocycles. The number of carbonyl (C=O) groups excluding carboxylic acids is 1. The summed E-state index contributed by atoms with van der Waals surface area (Å²) in [5.41, 5.74) is -2.35. The third-order valence-corrected chi connectivity index (χ3v) is 3.09. The Morgan fingerprint density at radius 2 is 2.06 bits per heavy atom. The minimum atomic E-state index is -4.57. The fourth-order valence-electron chi connectivity index (χ4n) is 1.86. The summed E-state index contributed by atoms with van der Waals surface area (Å²) in [4.78, 5) is 11.8. The van der Waals surface area contributed by atoms with E-state index >= 15 is 0 Å². The lowest BCUT2D eigenvalue weighted by Gasteiger charge is -2.29. The van der Waals surface area contributed by atoms with Gasteiger partial charge < -0.3 is 20.1 Å². The molecule has 1 rings (SSSR count). The molecule has 0 aromatic rings. The summed E-state index contributed by atoms with van der Waals surface area (Å²) < 4.78 is 48.6. The van der Waals surface area contributed by atoms with Crippen molar-refractivity contribution in [3.63, 3.8) is 0 Å². The topological polar surface area (TPSA) is 59.6 Å². The Hall–Kier alpha value is -0.860. The summed E-state index contributed by atoms with van der Waals surface area (Å²) in [6, 6.07) is 0. The van der Waals surface area contributed by atoms with Crippen LogP contribution in [0.15, 0.2) is 0 Å². The van der Waals surface area contributed by atoms with Crippen molar-refractivity contribution in [3.8, 4) is 0 Å². The van der Waals surface area contributed by atoms with Crippen molar-refractivity contribution in [1.29, 1.82) is 0 Å². The van der Waals surface area contributed by atoms with Crippen LogP contribution in [0.1, 0.15) is 6.42 Å². The summed E-state index contributed by atoms with van der Waals surface area (Å²) >= 11 is 0. The van der Waals surface area contributed by atoms with Crippen molar-refractivity contribution in [2.24, 2.45) is 5.41 Å². The second-order valence-electron chi connectivity index (χ2n) is 4.12. The van der Waals surface area contributed by atoms with E-state index < -0.39 is 30.3 Å². The third-order valence-electron chi connectivity index (χ3n) is 3.09. The highest BCUT2D eigenvalue weighted by Crippen LogP contribution is 2.43. The molecule has 0 aromatic heterocycles. The van der Waals surface area contributed by atoms with Crippen molar-refractivity contribution in [1.82, 2.24) is 10.6 Å². The number of amides is 1. The average Bonchev–Trinajstić information content (AvgIpc) is 2.79. The van der Waals surface area contributed by atoms with E-state index in [0.717, 1.165) is 0 Å². The Bertz CT molecular complexity index is 287. The first kappa shape index (κ1) is 15.2. The normalized spacial score (nSPS) is 24.6. The van der Waals surface area contributed by atoms with Gasteiger partial charge in [0.05, 0.1) is 6.54 Å². The van der Waals surface area contributed by atoms with Crippen LogP contribution in [0.3, 0.4) is 0 Å². The smallest absolute Gasteiger partial charge is 0.354 e. The molecule has 2 N–H and O–H groups in total. The number of hydrogen-bond donors (Lipinski definition) is 2. The number of rotatable bonds is 5. The Kier molecular flexibility index (Phi) is 4.94. The molecule has 1 amide bonds. The maximum atomic E-state index is 13.0. The van der Waals surface area contributed by atoms with Gasteiger partial charge in [0.1, 0.15) is 0 Å². The quantitative estimate of drug-likeness (QED) is 0.704. The number of ether oxygens (including phenoxy) is 2. The van der Waals surface area contributed by atoms with Crippen molar-refractivity contribution in [2.45, 2.75) is 18.9 Å². The minimum absolute atomic E-state index is 0.121. The zero-order valence-corrected chi connectivity index (χ0v) is 10.3. The number of hydrogen-bond acceptors (Lipinski definition) is 4. The Morgan fingerprint density at radius 3 is 2.44 bits per heavy atom. The number of nitrogens with one attached hydrogen (secondary N) is 2. The Morgan fingerprint density at radius 1 is 1.44 bits per heavy atom.